The molecular weight excluding hydrogens is 244 g/mol. The molecule has 0 amide bonds. The fourth-order valence-electron chi connectivity index (χ4n) is 0.799. The minimum absolute atomic E-state index is 0.566. The van der Waals surface area contributed by atoms with Crippen molar-refractivity contribution in [3.8, 4) is 82.9 Å². The molecule has 0 aliphatic heterocycles. The number of aromatic amines is 1. The standard InChI is InChI=1S/C18H6N2/c1-2-3-4-5-6-7-8-9-10-11-12-13-14-15-18-19-16-17-20-18/h16-17H,1H3,(H,19,20). The molecule has 0 aliphatic carbocycles. The van der Waals surface area contributed by atoms with Gasteiger partial charge in [0.1, 0.15) is 0 Å². The van der Waals surface area contributed by atoms with E-state index in [1.54, 1.807) is 19.3 Å². The van der Waals surface area contributed by atoms with E-state index in [-0.39, 0.29) is 0 Å². The number of nitrogens with one attached hydrogen (secondary N) is 1. The normalized spacial score (nSPS) is 5.45. The number of nitrogens with zero attached hydrogens (tertiary/aromatic N) is 1. The summed E-state index contributed by atoms with van der Waals surface area (Å²) in [6.07, 6.45) is 3.31. The monoisotopic (exact) mass is 250 g/mol. The first-order chi connectivity index (χ1) is 9.93. The lowest BCUT2D eigenvalue weighted by atomic mass is 10.5. The summed E-state index contributed by atoms with van der Waals surface area (Å²) < 4.78 is 0. The molecule has 0 saturated carbocycles. The number of hydrogen-bond acceptors (Lipinski definition) is 1. The van der Waals surface area contributed by atoms with Gasteiger partial charge < -0.3 is 4.98 Å². The lowest BCUT2D eigenvalue weighted by Gasteiger charge is -1.71. The summed E-state index contributed by atoms with van der Waals surface area (Å²) >= 11 is 0. The molecule has 1 aromatic heterocycles. The Hall–Kier alpha value is -3.87. The van der Waals surface area contributed by atoms with Crippen molar-refractivity contribution in [3.05, 3.63) is 18.2 Å². The van der Waals surface area contributed by atoms with Crippen molar-refractivity contribution in [2.24, 2.45) is 0 Å². The van der Waals surface area contributed by atoms with E-state index in [9.17, 15) is 0 Å². The molecule has 1 heterocycles. The summed E-state index contributed by atoms with van der Waals surface area (Å²) in [5.41, 5.74) is 0. The Labute approximate surface area is 118 Å². The molecule has 0 atom stereocenters. The van der Waals surface area contributed by atoms with Gasteiger partial charge in [0.25, 0.3) is 0 Å². The first-order valence-electron chi connectivity index (χ1n) is 5.35. The first-order valence-corrected chi connectivity index (χ1v) is 5.35. The van der Waals surface area contributed by atoms with Crippen LogP contribution in [-0.2, 0) is 0 Å². The lowest BCUT2D eigenvalue weighted by molar-refractivity contribution is 1.25. The fraction of sp³-hybridized carbons (Fsp3) is 0.0556. The molecule has 2 nitrogen and oxygen atoms in total. The molecule has 0 unspecified atom stereocenters. The third kappa shape index (κ3) is 7.41. The van der Waals surface area contributed by atoms with E-state index < -0.39 is 0 Å². The minimum atomic E-state index is 0.566. The van der Waals surface area contributed by atoms with Crippen molar-refractivity contribution in [3.63, 3.8) is 0 Å². The van der Waals surface area contributed by atoms with Gasteiger partial charge in [-0.2, -0.15) is 0 Å². The Morgan fingerprint density at radius 2 is 1.25 bits per heavy atom. The predicted molar refractivity (Wildman–Crippen MR) is 77.8 cm³/mol. The van der Waals surface area contributed by atoms with Gasteiger partial charge in [0, 0.05) is 12.4 Å². The highest BCUT2D eigenvalue weighted by atomic mass is 14.9. The third-order valence-electron chi connectivity index (χ3n) is 1.49. The highest BCUT2D eigenvalue weighted by Crippen LogP contribution is 1.81. The highest BCUT2D eigenvalue weighted by Gasteiger charge is 1.81. The SMILES string of the molecule is CC#CC#CC#CC#CC#CC#CC#Cc1ncc[nH]1. The summed E-state index contributed by atoms with van der Waals surface area (Å²) in [5, 5.41) is 0. The quantitative estimate of drug-likeness (QED) is 0.678. The van der Waals surface area contributed by atoms with Gasteiger partial charge in [0.05, 0.1) is 0 Å². The second-order valence-corrected chi connectivity index (χ2v) is 2.81. The largest absolute Gasteiger partial charge is 0.338 e. The Bertz CT molecular complexity index is 882. The van der Waals surface area contributed by atoms with Crippen LogP contribution in [0.3, 0.4) is 0 Å². The zero-order valence-electron chi connectivity index (χ0n) is 10.6. The van der Waals surface area contributed by atoms with Crippen LogP contribution < -0.4 is 0 Å². The van der Waals surface area contributed by atoms with Crippen LogP contribution in [0, 0.1) is 82.9 Å². The van der Waals surface area contributed by atoms with Gasteiger partial charge in [-0.3, -0.25) is 0 Å². The van der Waals surface area contributed by atoms with E-state index in [0.29, 0.717) is 5.82 Å². The number of hydrogen-bond donors (Lipinski definition) is 1. The molecule has 1 aromatic rings. The second kappa shape index (κ2) is 10.3. The molecule has 0 bridgehead atoms. The van der Waals surface area contributed by atoms with E-state index in [1.807, 2.05) is 0 Å². The molecule has 1 N–H and O–H groups in total. The molecule has 20 heavy (non-hydrogen) atoms. The summed E-state index contributed by atoms with van der Waals surface area (Å²) in [4.78, 5) is 6.76. The molecule has 0 aliphatic rings. The van der Waals surface area contributed by atoms with Crippen LogP contribution in [0.2, 0.25) is 0 Å². The van der Waals surface area contributed by atoms with Crippen molar-refractivity contribution in [1.29, 1.82) is 0 Å². The van der Waals surface area contributed by atoms with Crippen molar-refractivity contribution in [1.82, 2.24) is 9.97 Å². The van der Waals surface area contributed by atoms with E-state index in [1.165, 1.54) is 0 Å². The predicted octanol–water partition coefficient (Wildman–Crippen LogP) is 0.802. The van der Waals surface area contributed by atoms with Gasteiger partial charge in [-0.1, -0.05) is 5.92 Å². The lowest BCUT2D eigenvalue weighted by Crippen LogP contribution is -1.73. The number of imidazole rings is 1. The van der Waals surface area contributed by atoms with Gasteiger partial charge in [0.15, 0.2) is 5.82 Å². The van der Waals surface area contributed by atoms with Crippen LogP contribution >= 0.6 is 0 Å². The molecule has 0 spiro atoms. The maximum absolute atomic E-state index is 3.92. The van der Waals surface area contributed by atoms with Crippen LogP contribution in [0.1, 0.15) is 12.7 Å². The zero-order valence-corrected chi connectivity index (χ0v) is 10.6. The summed E-state index contributed by atoms with van der Waals surface area (Å²) in [5.74, 6) is 36.4. The summed E-state index contributed by atoms with van der Waals surface area (Å²) in [6.45, 7) is 1.71. The Morgan fingerprint density at radius 3 is 1.70 bits per heavy atom. The van der Waals surface area contributed by atoms with E-state index >= 15 is 0 Å². The zero-order chi connectivity index (χ0) is 14.3. The van der Waals surface area contributed by atoms with E-state index in [0.717, 1.165) is 0 Å². The Kier molecular flexibility index (Phi) is 7.31. The number of H-pyrrole nitrogens is 1. The average molecular weight is 250 g/mol. The highest BCUT2D eigenvalue weighted by molar-refractivity contribution is 5.45. The summed E-state index contributed by atoms with van der Waals surface area (Å²) in [6, 6.07) is 0. The van der Waals surface area contributed by atoms with Gasteiger partial charge in [-0.15, -0.1) is 0 Å². The van der Waals surface area contributed by atoms with Gasteiger partial charge in [-0.25, -0.2) is 4.98 Å². The number of rotatable bonds is 0. The molecule has 2 heteroatoms. The molecule has 0 saturated heterocycles. The van der Waals surface area contributed by atoms with Gasteiger partial charge in [0.2, 0.25) is 0 Å². The molecule has 88 valence electrons. The van der Waals surface area contributed by atoms with Gasteiger partial charge in [-0.05, 0) is 83.9 Å². The smallest absolute Gasteiger partial charge is 0.183 e. The fourth-order valence-corrected chi connectivity index (χ4v) is 0.799. The van der Waals surface area contributed by atoms with E-state index in [2.05, 4.69) is 92.9 Å². The van der Waals surface area contributed by atoms with E-state index in [4.69, 9.17) is 0 Å². The molecule has 0 aromatic carbocycles. The summed E-state index contributed by atoms with van der Waals surface area (Å²) in [7, 11) is 0. The minimum Gasteiger partial charge on any atom is -0.338 e. The average Bonchev–Trinajstić information content (AvgIpc) is 2.97. The van der Waals surface area contributed by atoms with Crippen molar-refractivity contribution in [2.45, 2.75) is 6.92 Å². The Balaban J connectivity index is 2.45. The van der Waals surface area contributed by atoms with Crippen molar-refractivity contribution < 1.29 is 0 Å². The second-order valence-electron chi connectivity index (χ2n) is 2.81. The molecule has 0 fully saturated rings. The van der Waals surface area contributed by atoms with Crippen LogP contribution in [0.25, 0.3) is 0 Å². The molecule has 0 radical (unpaired) electrons. The molecule has 1 rings (SSSR count). The van der Waals surface area contributed by atoms with Crippen LogP contribution in [0.4, 0.5) is 0 Å². The van der Waals surface area contributed by atoms with Crippen molar-refractivity contribution in [2.75, 3.05) is 0 Å². The maximum Gasteiger partial charge on any atom is 0.183 e. The number of aromatic nitrogens is 2. The third-order valence-corrected chi connectivity index (χ3v) is 1.49. The molecular formula is C18H6N2. The van der Waals surface area contributed by atoms with Crippen LogP contribution in [-0.4, -0.2) is 9.97 Å². The Morgan fingerprint density at radius 1 is 0.750 bits per heavy atom. The first kappa shape index (κ1) is 14.2. The van der Waals surface area contributed by atoms with Gasteiger partial charge >= 0.3 is 0 Å². The maximum atomic E-state index is 3.92. The van der Waals surface area contributed by atoms with Crippen LogP contribution in [0.5, 0.6) is 0 Å². The topological polar surface area (TPSA) is 28.7 Å². The van der Waals surface area contributed by atoms with Crippen molar-refractivity contribution >= 4 is 0 Å². The van der Waals surface area contributed by atoms with Crippen LogP contribution in [0.15, 0.2) is 12.4 Å².